The van der Waals surface area contributed by atoms with Gasteiger partial charge < -0.3 is 5.73 Å². The maximum Gasteiger partial charge on any atom is 0.0938 e. The summed E-state index contributed by atoms with van der Waals surface area (Å²) < 4.78 is 1.74. The summed E-state index contributed by atoms with van der Waals surface area (Å²) in [6, 6.07) is 7.33. The molecule has 72 valence electrons. The van der Waals surface area contributed by atoms with Gasteiger partial charge in [0.1, 0.15) is 0 Å². The van der Waals surface area contributed by atoms with Gasteiger partial charge in [-0.1, -0.05) is 11.6 Å². The van der Waals surface area contributed by atoms with Gasteiger partial charge in [0.2, 0.25) is 0 Å². The van der Waals surface area contributed by atoms with Crippen LogP contribution in [0.1, 0.15) is 0 Å². The van der Waals surface area contributed by atoms with Crippen molar-refractivity contribution in [2.45, 2.75) is 0 Å². The van der Waals surface area contributed by atoms with E-state index in [9.17, 15) is 0 Å². The van der Waals surface area contributed by atoms with Crippen LogP contribution in [0, 0.1) is 0 Å². The Morgan fingerprint density at radius 1 is 1.36 bits per heavy atom. The molecule has 0 fully saturated rings. The van der Waals surface area contributed by atoms with Crippen molar-refractivity contribution in [3.8, 4) is 11.3 Å². The van der Waals surface area contributed by atoms with Crippen LogP contribution in [0.3, 0.4) is 0 Å². The van der Waals surface area contributed by atoms with Crippen molar-refractivity contribution < 1.29 is 0 Å². The molecule has 4 heteroatoms. The average molecular weight is 208 g/mol. The van der Waals surface area contributed by atoms with Crippen molar-refractivity contribution in [3.05, 3.63) is 35.5 Å². The van der Waals surface area contributed by atoms with Gasteiger partial charge in [-0.05, 0) is 24.3 Å². The molecule has 2 aromatic rings. The third kappa shape index (κ3) is 1.59. The second kappa shape index (κ2) is 3.35. The topological polar surface area (TPSA) is 43.8 Å². The SMILES string of the molecule is Cn1ccc(-c2ccc(N)cc2Cl)n1. The van der Waals surface area contributed by atoms with E-state index in [1.54, 1.807) is 10.7 Å². The molecule has 0 aliphatic rings. The molecule has 3 nitrogen and oxygen atoms in total. The number of aryl methyl sites for hydroxylation is 1. The summed E-state index contributed by atoms with van der Waals surface area (Å²) in [4.78, 5) is 0. The lowest BCUT2D eigenvalue weighted by Crippen LogP contribution is -1.89. The van der Waals surface area contributed by atoms with Crippen LogP contribution in [0.5, 0.6) is 0 Å². The van der Waals surface area contributed by atoms with E-state index in [1.807, 2.05) is 31.4 Å². The highest BCUT2D eigenvalue weighted by atomic mass is 35.5. The Morgan fingerprint density at radius 3 is 2.71 bits per heavy atom. The number of hydrogen-bond donors (Lipinski definition) is 1. The van der Waals surface area contributed by atoms with Crippen LogP contribution >= 0.6 is 11.6 Å². The lowest BCUT2D eigenvalue weighted by Gasteiger charge is -2.01. The predicted molar refractivity (Wildman–Crippen MR) is 58.1 cm³/mol. The first-order chi connectivity index (χ1) is 6.66. The van der Waals surface area contributed by atoms with Gasteiger partial charge in [-0.3, -0.25) is 4.68 Å². The Balaban J connectivity index is 2.52. The molecule has 14 heavy (non-hydrogen) atoms. The summed E-state index contributed by atoms with van der Waals surface area (Å²) in [5, 5.41) is 4.89. The molecular formula is C10H10ClN3. The highest BCUT2D eigenvalue weighted by Gasteiger charge is 2.05. The van der Waals surface area contributed by atoms with E-state index >= 15 is 0 Å². The summed E-state index contributed by atoms with van der Waals surface area (Å²) in [6.45, 7) is 0. The van der Waals surface area contributed by atoms with Gasteiger partial charge in [0.25, 0.3) is 0 Å². The van der Waals surface area contributed by atoms with Gasteiger partial charge in [-0.15, -0.1) is 0 Å². The summed E-state index contributed by atoms with van der Waals surface area (Å²) >= 11 is 6.04. The normalized spacial score (nSPS) is 10.4. The minimum Gasteiger partial charge on any atom is -0.399 e. The van der Waals surface area contributed by atoms with Crippen LogP contribution in [-0.4, -0.2) is 9.78 Å². The first-order valence-corrected chi connectivity index (χ1v) is 4.59. The zero-order valence-corrected chi connectivity index (χ0v) is 8.49. The smallest absolute Gasteiger partial charge is 0.0938 e. The molecule has 0 bridgehead atoms. The van der Waals surface area contributed by atoms with Crippen LogP contribution in [0.4, 0.5) is 5.69 Å². The van der Waals surface area contributed by atoms with Crippen molar-refractivity contribution in [1.82, 2.24) is 9.78 Å². The largest absolute Gasteiger partial charge is 0.399 e. The minimum atomic E-state index is 0.628. The fourth-order valence-electron chi connectivity index (χ4n) is 1.30. The van der Waals surface area contributed by atoms with Crippen molar-refractivity contribution in [1.29, 1.82) is 0 Å². The molecule has 1 aromatic heterocycles. The van der Waals surface area contributed by atoms with Crippen molar-refractivity contribution in [2.75, 3.05) is 5.73 Å². The lowest BCUT2D eigenvalue weighted by molar-refractivity contribution is 0.771. The van der Waals surface area contributed by atoms with Gasteiger partial charge in [0, 0.05) is 24.5 Å². The number of nitrogens with zero attached hydrogens (tertiary/aromatic N) is 2. The Bertz CT molecular complexity index is 462. The molecule has 1 aromatic carbocycles. The van der Waals surface area contributed by atoms with E-state index in [-0.39, 0.29) is 0 Å². The first-order valence-electron chi connectivity index (χ1n) is 4.22. The summed E-state index contributed by atoms with van der Waals surface area (Å²) in [7, 11) is 1.87. The van der Waals surface area contributed by atoms with E-state index in [4.69, 9.17) is 17.3 Å². The third-order valence-corrected chi connectivity index (χ3v) is 2.30. The lowest BCUT2D eigenvalue weighted by atomic mass is 10.1. The first kappa shape index (κ1) is 9.09. The maximum absolute atomic E-state index is 6.04. The van der Waals surface area contributed by atoms with Gasteiger partial charge >= 0.3 is 0 Å². The van der Waals surface area contributed by atoms with E-state index in [0.29, 0.717) is 10.7 Å². The number of aromatic nitrogens is 2. The highest BCUT2D eigenvalue weighted by Crippen LogP contribution is 2.27. The molecule has 1 heterocycles. The Kier molecular flexibility index (Phi) is 2.17. The predicted octanol–water partition coefficient (Wildman–Crippen LogP) is 2.32. The van der Waals surface area contributed by atoms with E-state index in [2.05, 4.69) is 5.10 Å². The minimum absolute atomic E-state index is 0.628. The highest BCUT2D eigenvalue weighted by molar-refractivity contribution is 6.33. The summed E-state index contributed by atoms with van der Waals surface area (Å²) in [5.41, 5.74) is 8.03. The molecule has 0 radical (unpaired) electrons. The van der Waals surface area contributed by atoms with Crippen LogP contribution in [0.2, 0.25) is 5.02 Å². The number of nitrogen functional groups attached to an aromatic ring is 1. The second-order valence-electron chi connectivity index (χ2n) is 3.11. The number of anilines is 1. The second-order valence-corrected chi connectivity index (χ2v) is 3.52. The molecule has 0 spiro atoms. The third-order valence-electron chi connectivity index (χ3n) is 1.98. The number of nitrogens with two attached hydrogens (primary N) is 1. The average Bonchev–Trinajstić information content (AvgIpc) is 2.51. The molecule has 2 N–H and O–H groups in total. The Labute approximate surface area is 87.1 Å². The molecule has 0 atom stereocenters. The van der Waals surface area contributed by atoms with Crippen LogP contribution in [-0.2, 0) is 7.05 Å². The standard InChI is InChI=1S/C10H10ClN3/c1-14-5-4-10(13-14)8-3-2-7(12)6-9(8)11/h2-6H,12H2,1H3. The van der Waals surface area contributed by atoms with Gasteiger partial charge in [-0.25, -0.2) is 0 Å². The van der Waals surface area contributed by atoms with Crippen LogP contribution < -0.4 is 5.73 Å². The number of rotatable bonds is 1. The Hall–Kier alpha value is -1.48. The van der Waals surface area contributed by atoms with Crippen LogP contribution in [0.25, 0.3) is 11.3 Å². The van der Waals surface area contributed by atoms with E-state index in [0.717, 1.165) is 11.3 Å². The van der Waals surface area contributed by atoms with Crippen molar-refractivity contribution in [2.24, 2.45) is 7.05 Å². The van der Waals surface area contributed by atoms with Gasteiger partial charge in [-0.2, -0.15) is 5.10 Å². The zero-order valence-electron chi connectivity index (χ0n) is 7.74. The zero-order chi connectivity index (χ0) is 10.1. The molecule has 0 saturated heterocycles. The quantitative estimate of drug-likeness (QED) is 0.730. The fourth-order valence-corrected chi connectivity index (χ4v) is 1.58. The monoisotopic (exact) mass is 207 g/mol. The molecule has 0 amide bonds. The van der Waals surface area contributed by atoms with Crippen molar-refractivity contribution >= 4 is 17.3 Å². The molecule has 0 saturated carbocycles. The van der Waals surface area contributed by atoms with E-state index in [1.165, 1.54) is 0 Å². The Morgan fingerprint density at radius 2 is 2.14 bits per heavy atom. The molecule has 2 rings (SSSR count). The fraction of sp³-hybridized carbons (Fsp3) is 0.100. The maximum atomic E-state index is 6.04. The summed E-state index contributed by atoms with van der Waals surface area (Å²) in [5.74, 6) is 0. The number of halogens is 1. The van der Waals surface area contributed by atoms with Gasteiger partial charge in [0.15, 0.2) is 0 Å². The van der Waals surface area contributed by atoms with Crippen LogP contribution in [0.15, 0.2) is 30.5 Å². The van der Waals surface area contributed by atoms with Crippen molar-refractivity contribution in [3.63, 3.8) is 0 Å². The molecule has 0 unspecified atom stereocenters. The molecule has 0 aliphatic heterocycles. The number of hydrogen-bond acceptors (Lipinski definition) is 2. The number of benzene rings is 1. The van der Waals surface area contributed by atoms with Gasteiger partial charge in [0.05, 0.1) is 10.7 Å². The molecular weight excluding hydrogens is 198 g/mol. The molecule has 0 aliphatic carbocycles. The summed E-state index contributed by atoms with van der Waals surface area (Å²) in [6.07, 6.45) is 1.88. The van der Waals surface area contributed by atoms with E-state index < -0.39 is 0 Å².